The first kappa shape index (κ1) is 23.8. The Morgan fingerprint density at radius 3 is 2.44 bits per heavy atom. The monoisotopic (exact) mass is 485 g/mol. The summed E-state index contributed by atoms with van der Waals surface area (Å²) in [6.07, 6.45) is 1.67. The number of aliphatic imine (C=N–C) groups is 1. The van der Waals surface area contributed by atoms with Crippen LogP contribution in [0.15, 0.2) is 29.3 Å². The van der Waals surface area contributed by atoms with Crippen molar-refractivity contribution in [2.45, 2.75) is 19.4 Å². The molecule has 1 aromatic rings. The first-order valence-electron chi connectivity index (χ1n) is 7.77. The number of sulfone groups is 1. The van der Waals surface area contributed by atoms with Crippen molar-refractivity contribution < 1.29 is 17.9 Å². The predicted octanol–water partition coefficient (Wildman–Crippen LogP) is 1.68. The molecule has 0 radical (unpaired) electrons. The first-order valence-corrected chi connectivity index (χ1v) is 9.83. The summed E-state index contributed by atoms with van der Waals surface area (Å²) in [5, 5.41) is 6.23. The maximum absolute atomic E-state index is 11.1. The maximum atomic E-state index is 11.1. The van der Waals surface area contributed by atoms with Crippen molar-refractivity contribution in [3.05, 3.63) is 24.3 Å². The molecular formula is C16H28IN3O4S. The molecule has 0 fully saturated rings. The first-order chi connectivity index (χ1) is 11.4. The van der Waals surface area contributed by atoms with Crippen LogP contribution in [0.2, 0.25) is 0 Å². The van der Waals surface area contributed by atoms with Crippen LogP contribution in [0.25, 0.3) is 0 Å². The molecule has 7 nitrogen and oxygen atoms in total. The fourth-order valence-electron chi connectivity index (χ4n) is 1.98. The molecule has 0 spiro atoms. The Bertz CT molecular complexity index is 638. The molecule has 0 bridgehead atoms. The smallest absolute Gasteiger partial charge is 0.191 e. The van der Waals surface area contributed by atoms with Crippen molar-refractivity contribution in [3.63, 3.8) is 0 Å². The number of para-hydroxylation sites is 2. The highest BCUT2D eigenvalue weighted by Crippen LogP contribution is 2.26. The van der Waals surface area contributed by atoms with E-state index in [2.05, 4.69) is 15.6 Å². The van der Waals surface area contributed by atoms with E-state index in [1.54, 1.807) is 14.2 Å². The normalized spacial score (nSPS) is 12.7. The summed E-state index contributed by atoms with van der Waals surface area (Å²) in [6.45, 7) is 3.02. The molecule has 1 atom stereocenters. The van der Waals surface area contributed by atoms with Crippen molar-refractivity contribution >= 4 is 39.8 Å². The van der Waals surface area contributed by atoms with Crippen molar-refractivity contribution in [2.75, 3.05) is 39.3 Å². The van der Waals surface area contributed by atoms with Gasteiger partial charge >= 0.3 is 0 Å². The third kappa shape index (κ3) is 10.4. The van der Waals surface area contributed by atoms with Gasteiger partial charge in [0.1, 0.15) is 15.9 Å². The molecule has 1 unspecified atom stereocenters. The molecule has 0 amide bonds. The van der Waals surface area contributed by atoms with Crippen LogP contribution in [0.1, 0.15) is 13.3 Å². The zero-order valence-corrected chi connectivity index (χ0v) is 18.3. The summed E-state index contributed by atoms with van der Waals surface area (Å²) >= 11 is 0. The molecule has 1 aromatic carbocycles. The SMILES string of the molecule is CN=C(NCCCS(C)(=O)=O)NCC(C)Oc1ccccc1OC.I. The van der Waals surface area contributed by atoms with Gasteiger partial charge in [0, 0.05) is 19.8 Å². The lowest BCUT2D eigenvalue weighted by Crippen LogP contribution is -2.42. The minimum atomic E-state index is -2.93. The Labute approximate surface area is 167 Å². The lowest BCUT2D eigenvalue weighted by Gasteiger charge is -2.19. The molecule has 9 heteroatoms. The van der Waals surface area contributed by atoms with E-state index >= 15 is 0 Å². The molecule has 0 saturated carbocycles. The summed E-state index contributed by atoms with van der Waals surface area (Å²) < 4.78 is 33.3. The Kier molecular flexibility index (Phi) is 11.6. The molecule has 144 valence electrons. The van der Waals surface area contributed by atoms with E-state index in [9.17, 15) is 8.42 Å². The number of hydrogen-bond acceptors (Lipinski definition) is 5. The molecule has 0 aliphatic heterocycles. The number of benzene rings is 1. The molecule has 0 aromatic heterocycles. The third-order valence-corrected chi connectivity index (χ3v) is 4.19. The summed E-state index contributed by atoms with van der Waals surface area (Å²) in [4.78, 5) is 4.10. The predicted molar refractivity (Wildman–Crippen MR) is 112 cm³/mol. The van der Waals surface area contributed by atoms with Gasteiger partial charge in [-0.25, -0.2) is 8.42 Å². The Hall–Kier alpha value is -1.23. The fraction of sp³-hybridized carbons (Fsp3) is 0.562. The van der Waals surface area contributed by atoms with E-state index in [-0.39, 0.29) is 35.8 Å². The minimum Gasteiger partial charge on any atom is -0.493 e. The highest BCUT2D eigenvalue weighted by atomic mass is 127. The number of hydrogen-bond donors (Lipinski definition) is 2. The van der Waals surface area contributed by atoms with Crippen LogP contribution in [0.4, 0.5) is 0 Å². The largest absolute Gasteiger partial charge is 0.493 e. The highest BCUT2D eigenvalue weighted by Gasteiger charge is 2.09. The van der Waals surface area contributed by atoms with Crippen molar-refractivity contribution in [1.29, 1.82) is 0 Å². The van der Waals surface area contributed by atoms with E-state index < -0.39 is 9.84 Å². The lowest BCUT2D eigenvalue weighted by molar-refractivity contribution is 0.213. The molecule has 0 aliphatic rings. The van der Waals surface area contributed by atoms with Crippen molar-refractivity contribution in [1.82, 2.24) is 10.6 Å². The van der Waals surface area contributed by atoms with Crippen LogP contribution in [0.3, 0.4) is 0 Å². The van der Waals surface area contributed by atoms with Gasteiger partial charge in [0.2, 0.25) is 0 Å². The Morgan fingerprint density at radius 2 is 1.88 bits per heavy atom. The van der Waals surface area contributed by atoms with Crippen molar-refractivity contribution in [3.8, 4) is 11.5 Å². The Morgan fingerprint density at radius 1 is 1.24 bits per heavy atom. The highest BCUT2D eigenvalue weighted by molar-refractivity contribution is 14.0. The summed E-state index contributed by atoms with van der Waals surface area (Å²) in [5.41, 5.74) is 0. The van der Waals surface area contributed by atoms with Gasteiger partial charge < -0.3 is 20.1 Å². The third-order valence-electron chi connectivity index (χ3n) is 3.16. The molecule has 2 N–H and O–H groups in total. The second-order valence-electron chi connectivity index (χ2n) is 5.44. The van der Waals surface area contributed by atoms with Gasteiger partial charge in [0.05, 0.1) is 19.4 Å². The number of nitrogens with zero attached hydrogens (tertiary/aromatic N) is 1. The molecule has 0 heterocycles. The number of nitrogens with one attached hydrogen (secondary N) is 2. The number of halogens is 1. The molecule has 25 heavy (non-hydrogen) atoms. The van der Waals surface area contributed by atoms with Crippen LogP contribution in [0.5, 0.6) is 11.5 Å². The molecule has 0 aliphatic carbocycles. The van der Waals surface area contributed by atoms with Crippen molar-refractivity contribution in [2.24, 2.45) is 4.99 Å². The number of ether oxygens (including phenoxy) is 2. The quantitative estimate of drug-likeness (QED) is 0.240. The second kappa shape index (κ2) is 12.2. The lowest BCUT2D eigenvalue weighted by atomic mass is 10.3. The van der Waals surface area contributed by atoms with Gasteiger partial charge in [-0.15, -0.1) is 24.0 Å². The van der Waals surface area contributed by atoms with Gasteiger partial charge in [-0.1, -0.05) is 12.1 Å². The van der Waals surface area contributed by atoms with Gasteiger partial charge in [-0.05, 0) is 25.5 Å². The zero-order valence-electron chi connectivity index (χ0n) is 15.1. The number of guanidine groups is 1. The molecular weight excluding hydrogens is 457 g/mol. The van der Waals surface area contributed by atoms with Crippen LogP contribution in [0, 0.1) is 0 Å². The van der Waals surface area contributed by atoms with E-state index in [1.807, 2.05) is 31.2 Å². The van der Waals surface area contributed by atoms with Gasteiger partial charge in [-0.2, -0.15) is 0 Å². The number of methoxy groups -OCH3 is 1. The van der Waals surface area contributed by atoms with E-state index in [0.29, 0.717) is 37.0 Å². The Balaban J connectivity index is 0.00000576. The van der Waals surface area contributed by atoms with Gasteiger partial charge in [0.25, 0.3) is 0 Å². The zero-order chi connectivity index (χ0) is 18.0. The minimum absolute atomic E-state index is 0. The van der Waals surface area contributed by atoms with Crippen LogP contribution in [-0.2, 0) is 9.84 Å². The van der Waals surface area contributed by atoms with E-state index in [0.717, 1.165) is 0 Å². The topological polar surface area (TPSA) is 89.0 Å². The molecule has 0 saturated heterocycles. The fourth-order valence-corrected chi connectivity index (χ4v) is 2.65. The van der Waals surface area contributed by atoms with E-state index in [1.165, 1.54) is 6.26 Å². The standard InChI is InChI=1S/C16H27N3O4S.HI/c1-13(23-15-9-6-5-8-14(15)22-3)12-19-16(17-2)18-10-7-11-24(4,20)21;/h5-6,8-9,13H,7,10-12H2,1-4H3,(H2,17,18,19);1H. The summed E-state index contributed by atoms with van der Waals surface area (Å²) in [5.74, 6) is 2.14. The number of rotatable bonds is 9. The summed E-state index contributed by atoms with van der Waals surface area (Å²) in [7, 11) is 0.341. The van der Waals surface area contributed by atoms with E-state index in [4.69, 9.17) is 9.47 Å². The van der Waals surface area contributed by atoms with Crippen LogP contribution >= 0.6 is 24.0 Å². The molecule has 1 rings (SSSR count). The van der Waals surface area contributed by atoms with Gasteiger partial charge in [0.15, 0.2) is 17.5 Å². The average molecular weight is 485 g/mol. The summed E-state index contributed by atoms with van der Waals surface area (Å²) in [6, 6.07) is 7.47. The van der Waals surface area contributed by atoms with Crippen LogP contribution in [-0.4, -0.2) is 59.7 Å². The average Bonchev–Trinajstić information content (AvgIpc) is 2.53. The maximum Gasteiger partial charge on any atom is 0.191 e. The second-order valence-corrected chi connectivity index (χ2v) is 7.70. The van der Waals surface area contributed by atoms with Crippen LogP contribution < -0.4 is 20.1 Å². The van der Waals surface area contributed by atoms with Gasteiger partial charge in [-0.3, -0.25) is 4.99 Å².